The average Bonchev–Trinajstić information content (AvgIpc) is 2.74. The van der Waals surface area contributed by atoms with Gasteiger partial charge in [-0.25, -0.2) is 0 Å². The van der Waals surface area contributed by atoms with Crippen LogP contribution < -0.4 is 5.32 Å². The van der Waals surface area contributed by atoms with Crippen LogP contribution in [0.1, 0.15) is 9.67 Å². The van der Waals surface area contributed by atoms with E-state index in [1.165, 1.54) is 11.3 Å². The van der Waals surface area contributed by atoms with E-state index < -0.39 is 0 Å². The van der Waals surface area contributed by atoms with E-state index in [0.29, 0.717) is 11.5 Å². The van der Waals surface area contributed by atoms with Gasteiger partial charge in [-0.05, 0) is 11.4 Å². The molecule has 0 radical (unpaired) electrons. The van der Waals surface area contributed by atoms with Crippen molar-refractivity contribution >= 4 is 17.2 Å². The van der Waals surface area contributed by atoms with Gasteiger partial charge >= 0.3 is 0 Å². The fraction of sp³-hybridized carbons (Fsp3) is 0.125. The molecular weight excluding hydrogens is 174 g/mol. The summed E-state index contributed by atoms with van der Waals surface area (Å²) in [5.74, 6) is 0.757. The molecule has 1 fully saturated rings. The number of nitrogens with one attached hydrogen (secondary N) is 1. The molecule has 1 amide bonds. The maximum atomic E-state index is 11.2. The summed E-state index contributed by atoms with van der Waals surface area (Å²) >= 11 is 1.42. The molecule has 0 atom stereocenters. The Hall–Kier alpha value is -1.29. The number of epoxide rings is 1. The lowest BCUT2D eigenvalue weighted by molar-refractivity contribution is 0.0973. The number of carbonyl (C=O) groups excluding carboxylic acids is 1. The number of carbonyl (C=O) groups is 1. The predicted octanol–water partition coefficient (Wildman–Crippen LogP) is 1.35. The molecule has 0 bridgehead atoms. The highest BCUT2D eigenvalue weighted by Gasteiger charge is 2.13. The first-order chi connectivity index (χ1) is 5.86. The summed E-state index contributed by atoms with van der Waals surface area (Å²) in [6.07, 6.45) is 1.60. The number of thiophene rings is 1. The van der Waals surface area contributed by atoms with E-state index in [4.69, 9.17) is 4.74 Å². The van der Waals surface area contributed by atoms with E-state index in [1.54, 1.807) is 12.3 Å². The molecule has 62 valence electrons. The quantitative estimate of drug-likeness (QED) is 0.700. The zero-order chi connectivity index (χ0) is 8.39. The largest absolute Gasteiger partial charge is 0.485 e. The van der Waals surface area contributed by atoms with Gasteiger partial charge in [0.15, 0.2) is 5.76 Å². The zero-order valence-electron chi connectivity index (χ0n) is 6.24. The molecular formula is C8H7NO2S. The molecule has 1 aromatic heterocycles. The maximum Gasteiger partial charge on any atom is 0.265 e. The van der Waals surface area contributed by atoms with Gasteiger partial charge in [-0.3, -0.25) is 4.79 Å². The van der Waals surface area contributed by atoms with Crippen molar-refractivity contribution in [2.24, 2.45) is 0 Å². The Morgan fingerprint density at radius 1 is 1.75 bits per heavy atom. The highest BCUT2D eigenvalue weighted by atomic mass is 32.1. The molecule has 4 heteroatoms. The third kappa shape index (κ3) is 1.65. The third-order valence-corrected chi connectivity index (χ3v) is 2.29. The van der Waals surface area contributed by atoms with Gasteiger partial charge in [0.1, 0.15) is 6.61 Å². The van der Waals surface area contributed by atoms with E-state index in [0.717, 1.165) is 5.76 Å². The predicted molar refractivity (Wildman–Crippen MR) is 45.8 cm³/mol. The van der Waals surface area contributed by atoms with Gasteiger partial charge in [0.05, 0.1) is 4.88 Å². The first kappa shape index (κ1) is 7.36. The van der Waals surface area contributed by atoms with E-state index in [9.17, 15) is 4.79 Å². The van der Waals surface area contributed by atoms with Crippen LogP contribution in [-0.4, -0.2) is 12.5 Å². The molecule has 0 aliphatic carbocycles. The topological polar surface area (TPSA) is 41.6 Å². The molecule has 12 heavy (non-hydrogen) atoms. The molecule has 2 heterocycles. The highest BCUT2D eigenvalue weighted by Crippen LogP contribution is 2.12. The van der Waals surface area contributed by atoms with E-state index in [-0.39, 0.29) is 5.91 Å². The van der Waals surface area contributed by atoms with Gasteiger partial charge < -0.3 is 10.1 Å². The summed E-state index contributed by atoms with van der Waals surface area (Å²) in [7, 11) is 0. The number of hydrogen-bond donors (Lipinski definition) is 1. The summed E-state index contributed by atoms with van der Waals surface area (Å²) in [4.78, 5) is 12.0. The minimum atomic E-state index is -0.0759. The molecule has 0 saturated carbocycles. The van der Waals surface area contributed by atoms with Gasteiger partial charge in [-0.1, -0.05) is 6.07 Å². The van der Waals surface area contributed by atoms with Gasteiger partial charge in [0, 0.05) is 6.20 Å². The summed E-state index contributed by atoms with van der Waals surface area (Å²) in [6.45, 7) is 0.644. The van der Waals surface area contributed by atoms with Crippen LogP contribution in [0.15, 0.2) is 29.5 Å². The molecule has 3 nitrogen and oxygen atoms in total. The van der Waals surface area contributed by atoms with Crippen LogP contribution in [0.2, 0.25) is 0 Å². The minimum Gasteiger partial charge on any atom is -0.485 e. The summed E-state index contributed by atoms with van der Waals surface area (Å²) < 4.78 is 4.83. The lowest BCUT2D eigenvalue weighted by Crippen LogP contribution is -2.15. The molecule has 1 aliphatic heterocycles. The second-order valence-corrected chi connectivity index (χ2v) is 3.30. The van der Waals surface area contributed by atoms with Crippen LogP contribution in [0.3, 0.4) is 0 Å². The average molecular weight is 181 g/mol. The van der Waals surface area contributed by atoms with Crippen molar-refractivity contribution in [2.45, 2.75) is 0 Å². The summed E-state index contributed by atoms with van der Waals surface area (Å²) in [6, 6.07) is 3.63. The van der Waals surface area contributed by atoms with Gasteiger partial charge in [0.25, 0.3) is 5.91 Å². The van der Waals surface area contributed by atoms with Crippen LogP contribution in [0.25, 0.3) is 0 Å². The van der Waals surface area contributed by atoms with Gasteiger partial charge in [-0.15, -0.1) is 11.3 Å². The standard InChI is InChI=1S/C8H7NO2S/c10-8(7-2-1-3-12-7)9-4-6-5-11-6/h1-4H,5H2,(H,9,10). The normalized spacial score (nSPS) is 17.2. The molecule has 0 spiro atoms. The van der Waals surface area contributed by atoms with Crippen LogP contribution in [0.5, 0.6) is 0 Å². The van der Waals surface area contributed by atoms with Gasteiger partial charge in [-0.2, -0.15) is 0 Å². The molecule has 2 rings (SSSR count). The van der Waals surface area contributed by atoms with E-state index in [2.05, 4.69) is 5.32 Å². The maximum absolute atomic E-state index is 11.2. The SMILES string of the molecule is O=C(NC=C1CO1)c1cccs1. The molecule has 0 unspecified atom stereocenters. The Bertz CT molecular complexity index is 310. The van der Waals surface area contributed by atoms with Crippen molar-refractivity contribution in [3.8, 4) is 0 Å². The fourth-order valence-electron chi connectivity index (χ4n) is 0.750. The molecule has 1 N–H and O–H groups in total. The number of ether oxygens (including phenoxy) is 1. The second kappa shape index (κ2) is 2.98. The summed E-state index contributed by atoms with van der Waals surface area (Å²) in [5, 5.41) is 4.50. The van der Waals surface area contributed by atoms with Crippen molar-refractivity contribution < 1.29 is 9.53 Å². The smallest absolute Gasteiger partial charge is 0.265 e. The Balaban J connectivity index is 1.96. The van der Waals surface area contributed by atoms with Crippen molar-refractivity contribution in [1.82, 2.24) is 5.32 Å². The Labute approximate surface area is 73.7 Å². The lowest BCUT2D eigenvalue weighted by atomic mass is 10.4. The Morgan fingerprint density at radius 3 is 3.17 bits per heavy atom. The fourth-order valence-corrected chi connectivity index (χ4v) is 1.38. The molecule has 1 saturated heterocycles. The monoisotopic (exact) mass is 181 g/mol. The number of rotatable bonds is 2. The van der Waals surface area contributed by atoms with E-state index >= 15 is 0 Å². The van der Waals surface area contributed by atoms with Crippen molar-refractivity contribution in [1.29, 1.82) is 0 Å². The lowest BCUT2D eigenvalue weighted by Gasteiger charge is -1.92. The van der Waals surface area contributed by atoms with Crippen LogP contribution >= 0.6 is 11.3 Å². The third-order valence-electron chi connectivity index (χ3n) is 1.42. The number of amides is 1. The van der Waals surface area contributed by atoms with Crippen molar-refractivity contribution in [2.75, 3.05) is 6.61 Å². The van der Waals surface area contributed by atoms with Crippen LogP contribution in [0, 0.1) is 0 Å². The zero-order valence-corrected chi connectivity index (χ0v) is 7.06. The van der Waals surface area contributed by atoms with Gasteiger partial charge in [0.2, 0.25) is 0 Å². The number of hydrogen-bond acceptors (Lipinski definition) is 3. The Kier molecular flexibility index (Phi) is 1.83. The second-order valence-electron chi connectivity index (χ2n) is 2.35. The van der Waals surface area contributed by atoms with Crippen molar-refractivity contribution in [3.63, 3.8) is 0 Å². The first-order valence-corrected chi connectivity index (χ1v) is 4.40. The van der Waals surface area contributed by atoms with Crippen molar-refractivity contribution in [3.05, 3.63) is 34.3 Å². The van der Waals surface area contributed by atoms with Crippen LogP contribution in [-0.2, 0) is 4.74 Å². The van der Waals surface area contributed by atoms with E-state index in [1.807, 2.05) is 11.4 Å². The molecule has 1 aliphatic rings. The Morgan fingerprint density at radius 2 is 2.58 bits per heavy atom. The molecule has 1 aromatic rings. The minimum absolute atomic E-state index is 0.0759. The summed E-state index contributed by atoms with van der Waals surface area (Å²) in [5.41, 5.74) is 0. The first-order valence-electron chi connectivity index (χ1n) is 3.52. The molecule has 0 aromatic carbocycles. The highest BCUT2D eigenvalue weighted by molar-refractivity contribution is 7.12. The van der Waals surface area contributed by atoms with Crippen LogP contribution in [0.4, 0.5) is 0 Å².